The molecule has 4 nitrogen and oxygen atoms in total. The van der Waals surface area contributed by atoms with Gasteiger partial charge in [-0.05, 0) is 18.1 Å². The SMILES string of the molecule is Cn1ccnc1CN1CCOC(Cc2cccc(C(F)(F)F)c2)C1. The average Bonchev–Trinajstić information content (AvgIpc) is 2.92. The second-order valence-electron chi connectivity index (χ2n) is 6.08. The van der Waals surface area contributed by atoms with Crippen LogP contribution in [-0.2, 0) is 30.9 Å². The van der Waals surface area contributed by atoms with Crippen molar-refractivity contribution in [3.63, 3.8) is 0 Å². The zero-order chi connectivity index (χ0) is 17.2. The molecule has 2 aromatic rings. The van der Waals surface area contributed by atoms with Crippen LogP contribution in [-0.4, -0.2) is 40.3 Å². The largest absolute Gasteiger partial charge is 0.416 e. The number of benzene rings is 1. The van der Waals surface area contributed by atoms with Gasteiger partial charge in [0.1, 0.15) is 5.82 Å². The number of hydrogen-bond acceptors (Lipinski definition) is 3. The lowest BCUT2D eigenvalue weighted by molar-refractivity contribution is -0.137. The van der Waals surface area contributed by atoms with Crippen LogP contribution in [0.3, 0.4) is 0 Å². The summed E-state index contributed by atoms with van der Waals surface area (Å²) in [6, 6.07) is 5.47. The van der Waals surface area contributed by atoms with Gasteiger partial charge < -0.3 is 9.30 Å². The van der Waals surface area contributed by atoms with Gasteiger partial charge >= 0.3 is 6.18 Å². The molecule has 1 aliphatic rings. The van der Waals surface area contributed by atoms with Crippen molar-refractivity contribution in [1.29, 1.82) is 0 Å². The molecule has 0 radical (unpaired) electrons. The predicted octanol–water partition coefficient (Wildman–Crippen LogP) is 2.88. The maximum Gasteiger partial charge on any atom is 0.416 e. The van der Waals surface area contributed by atoms with Gasteiger partial charge in [0.25, 0.3) is 0 Å². The summed E-state index contributed by atoms with van der Waals surface area (Å²) in [5, 5.41) is 0. The third kappa shape index (κ3) is 4.15. The fourth-order valence-electron chi connectivity index (χ4n) is 2.93. The fourth-order valence-corrected chi connectivity index (χ4v) is 2.93. The lowest BCUT2D eigenvalue weighted by Gasteiger charge is -2.32. The molecule has 0 spiro atoms. The molecule has 1 aliphatic heterocycles. The maximum atomic E-state index is 12.8. The molecule has 1 atom stereocenters. The standard InChI is InChI=1S/C17H20F3N3O/c1-22-6-5-21-16(22)12-23-7-8-24-15(11-23)10-13-3-2-4-14(9-13)17(18,19)20/h2-6,9,15H,7-8,10-12H2,1H3. The van der Waals surface area contributed by atoms with Crippen LogP contribution in [0.25, 0.3) is 0 Å². The molecule has 24 heavy (non-hydrogen) atoms. The van der Waals surface area contributed by atoms with Crippen LogP contribution in [0.15, 0.2) is 36.7 Å². The second-order valence-corrected chi connectivity index (χ2v) is 6.08. The Morgan fingerprint density at radius 1 is 1.33 bits per heavy atom. The third-order valence-electron chi connectivity index (χ3n) is 4.23. The number of alkyl halides is 3. The van der Waals surface area contributed by atoms with E-state index in [1.165, 1.54) is 12.1 Å². The Labute approximate surface area is 138 Å². The highest BCUT2D eigenvalue weighted by atomic mass is 19.4. The lowest BCUT2D eigenvalue weighted by Crippen LogP contribution is -2.43. The van der Waals surface area contributed by atoms with Crippen molar-refractivity contribution in [3.8, 4) is 0 Å². The molecule has 1 aromatic heterocycles. The third-order valence-corrected chi connectivity index (χ3v) is 4.23. The van der Waals surface area contributed by atoms with Gasteiger partial charge in [-0.25, -0.2) is 4.98 Å². The van der Waals surface area contributed by atoms with Gasteiger partial charge in [0.05, 0.1) is 24.8 Å². The van der Waals surface area contributed by atoms with E-state index in [-0.39, 0.29) is 6.10 Å². The van der Waals surface area contributed by atoms with E-state index in [1.807, 2.05) is 17.8 Å². The number of hydrogen-bond donors (Lipinski definition) is 0. The van der Waals surface area contributed by atoms with Crippen molar-refractivity contribution in [3.05, 3.63) is 53.6 Å². The molecule has 0 amide bonds. The van der Waals surface area contributed by atoms with E-state index in [9.17, 15) is 13.2 Å². The van der Waals surface area contributed by atoms with Gasteiger partial charge in [-0.1, -0.05) is 18.2 Å². The van der Waals surface area contributed by atoms with E-state index < -0.39 is 11.7 Å². The van der Waals surface area contributed by atoms with Crippen molar-refractivity contribution < 1.29 is 17.9 Å². The highest BCUT2D eigenvalue weighted by Gasteiger charge is 2.30. The van der Waals surface area contributed by atoms with Gasteiger partial charge in [-0.15, -0.1) is 0 Å². The molecule has 0 saturated carbocycles. The minimum Gasteiger partial charge on any atom is -0.375 e. The number of ether oxygens (including phenoxy) is 1. The Morgan fingerprint density at radius 2 is 2.17 bits per heavy atom. The summed E-state index contributed by atoms with van der Waals surface area (Å²) in [5.41, 5.74) is 0.0364. The first kappa shape index (κ1) is 17.0. The first-order chi connectivity index (χ1) is 11.4. The number of halogens is 3. The summed E-state index contributed by atoms with van der Waals surface area (Å²) < 4.78 is 46.1. The van der Waals surface area contributed by atoms with Crippen molar-refractivity contribution in [2.75, 3.05) is 19.7 Å². The summed E-state index contributed by atoms with van der Waals surface area (Å²) in [6.45, 7) is 2.77. The van der Waals surface area contributed by atoms with Crippen LogP contribution in [0.5, 0.6) is 0 Å². The van der Waals surface area contributed by atoms with Gasteiger partial charge in [0.2, 0.25) is 0 Å². The Hall–Kier alpha value is -1.86. The predicted molar refractivity (Wildman–Crippen MR) is 83.4 cm³/mol. The molecule has 0 bridgehead atoms. The van der Waals surface area contributed by atoms with E-state index in [1.54, 1.807) is 12.3 Å². The highest BCUT2D eigenvalue weighted by Crippen LogP contribution is 2.30. The molecular weight excluding hydrogens is 319 g/mol. The van der Waals surface area contributed by atoms with Gasteiger partial charge in [0, 0.05) is 32.5 Å². The fraction of sp³-hybridized carbons (Fsp3) is 0.471. The Morgan fingerprint density at radius 3 is 2.88 bits per heavy atom. The zero-order valence-electron chi connectivity index (χ0n) is 13.5. The zero-order valence-corrected chi connectivity index (χ0v) is 13.5. The van der Waals surface area contributed by atoms with Crippen LogP contribution in [0, 0.1) is 0 Å². The average molecular weight is 339 g/mol. The Balaban J connectivity index is 1.62. The van der Waals surface area contributed by atoms with Gasteiger partial charge in [-0.3, -0.25) is 4.90 Å². The summed E-state index contributed by atoms with van der Waals surface area (Å²) in [6.07, 6.45) is -0.289. The van der Waals surface area contributed by atoms with E-state index in [0.29, 0.717) is 31.7 Å². The number of imidazole rings is 1. The number of morpholine rings is 1. The maximum absolute atomic E-state index is 12.8. The quantitative estimate of drug-likeness (QED) is 0.858. The van der Waals surface area contributed by atoms with Crippen molar-refractivity contribution in [2.45, 2.75) is 25.2 Å². The number of nitrogens with zero attached hydrogens (tertiary/aromatic N) is 3. The number of aryl methyl sites for hydroxylation is 1. The van der Waals surface area contributed by atoms with Gasteiger partial charge in [-0.2, -0.15) is 13.2 Å². The molecule has 1 unspecified atom stereocenters. The first-order valence-electron chi connectivity index (χ1n) is 7.88. The van der Waals surface area contributed by atoms with Gasteiger partial charge in [0.15, 0.2) is 0 Å². The summed E-state index contributed by atoms with van der Waals surface area (Å²) in [5.74, 6) is 0.967. The van der Waals surface area contributed by atoms with E-state index in [2.05, 4.69) is 9.88 Å². The molecule has 0 aliphatic carbocycles. The number of rotatable bonds is 4. The van der Waals surface area contributed by atoms with Crippen LogP contribution in [0.1, 0.15) is 17.0 Å². The Bertz CT molecular complexity index is 684. The van der Waals surface area contributed by atoms with E-state index in [0.717, 1.165) is 18.4 Å². The minimum absolute atomic E-state index is 0.109. The lowest BCUT2D eigenvalue weighted by atomic mass is 10.0. The summed E-state index contributed by atoms with van der Waals surface area (Å²) in [4.78, 5) is 6.54. The molecular formula is C17H20F3N3O. The van der Waals surface area contributed by atoms with Crippen molar-refractivity contribution in [2.24, 2.45) is 7.05 Å². The smallest absolute Gasteiger partial charge is 0.375 e. The molecule has 7 heteroatoms. The summed E-state index contributed by atoms with van der Waals surface area (Å²) in [7, 11) is 1.95. The second kappa shape index (κ2) is 6.94. The summed E-state index contributed by atoms with van der Waals surface area (Å²) >= 11 is 0. The monoisotopic (exact) mass is 339 g/mol. The van der Waals surface area contributed by atoms with Crippen LogP contribution >= 0.6 is 0 Å². The molecule has 1 aromatic carbocycles. The van der Waals surface area contributed by atoms with Crippen molar-refractivity contribution >= 4 is 0 Å². The molecule has 2 heterocycles. The van der Waals surface area contributed by atoms with Crippen molar-refractivity contribution in [1.82, 2.24) is 14.5 Å². The molecule has 3 rings (SSSR count). The van der Waals surface area contributed by atoms with Crippen LogP contribution < -0.4 is 0 Å². The van der Waals surface area contributed by atoms with E-state index >= 15 is 0 Å². The van der Waals surface area contributed by atoms with Crippen LogP contribution in [0.2, 0.25) is 0 Å². The van der Waals surface area contributed by atoms with E-state index in [4.69, 9.17) is 4.74 Å². The normalized spacial score (nSPS) is 19.6. The Kier molecular flexibility index (Phi) is 4.91. The molecule has 130 valence electrons. The highest BCUT2D eigenvalue weighted by molar-refractivity contribution is 5.26. The van der Waals surface area contributed by atoms with Crippen LogP contribution in [0.4, 0.5) is 13.2 Å². The topological polar surface area (TPSA) is 30.3 Å². The molecule has 1 saturated heterocycles. The molecule has 1 fully saturated rings. The number of aromatic nitrogens is 2. The minimum atomic E-state index is -4.31. The molecule has 0 N–H and O–H groups in total. The first-order valence-corrected chi connectivity index (χ1v) is 7.88.